The first kappa shape index (κ1) is 12.4. The standard InChI is InChI=1S/C9H6F3.Zn/c1-2-7-4-3-5-8(6-7)9(10,11)12;/h2,4-6H,1H2;/q-1;. The van der Waals surface area contributed by atoms with Crippen molar-refractivity contribution in [3.63, 3.8) is 0 Å². The second kappa shape index (κ2) is 4.57. The van der Waals surface area contributed by atoms with Gasteiger partial charge >= 0.3 is 6.18 Å². The first-order chi connectivity index (χ1) is 5.54. The predicted molar refractivity (Wildman–Crippen MR) is 40.4 cm³/mol. The molecule has 0 N–H and O–H groups in total. The molecule has 0 heterocycles. The molecule has 0 aromatic heterocycles. The van der Waals surface area contributed by atoms with E-state index in [1.165, 1.54) is 12.1 Å². The van der Waals surface area contributed by atoms with Gasteiger partial charge in [0.15, 0.2) is 0 Å². The summed E-state index contributed by atoms with van der Waals surface area (Å²) in [6, 6.07) is 5.78. The number of hydrogen-bond donors (Lipinski definition) is 0. The molecule has 0 aliphatic heterocycles. The van der Waals surface area contributed by atoms with Crippen LogP contribution in [0, 0.1) is 6.07 Å². The zero-order valence-electron chi connectivity index (χ0n) is 6.86. The van der Waals surface area contributed by atoms with Gasteiger partial charge in [0.05, 0.1) is 0 Å². The van der Waals surface area contributed by atoms with Crippen LogP contribution in [0.25, 0.3) is 6.08 Å². The van der Waals surface area contributed by atoms with Crippen LogP contribution >= 0.6 is 0 Å². The van der Waals surface area contributed by atoms with Crippen LogP contribution in [-0.2, 0) is 25.7 Å². The molecule has 1 aromatic rings. The van der Waals surface area contributed by atoms with E-state index in [1.54, 1.807) is 0 Å². The van der Waals surface area contributed by atoms with E-state index in [1.807, 2.05) is 0 Å². The Bertz CT molecular complexity index is 291. The van der Waals surface area contributed by atoms with Gasteiger partial charge in [-0.1, -0.05) is 5.56 Å². The molecule has 13 heavy (non-hydrogen) atoms. The van der Waals surface area contributed by atoms with Crippen molar-refractivity contribution in [1.82, 2.24) is 0 Å². The summed E-state index contributed by atoms with van der Waals surface area (Å²) in [7, 11) is 0. The monoisotopic (exact) mass is 235 g/mol. The molecule has 0 amide bonds. The molecule has 0 saturated carbocycles. The van der Waals surface area contributed by atoms with Crippen molar-refractivity contribution in [2.75, 3.05) is 0 Å². The Balaban J connectivity index is 0.00000144. The molecule has 0 aliphatic carbocycles. The minimum absolute atomic E-state index is 0. The van der Waals surface area contributed by atoms with Crippen LogP contribution < -0.4 is 0 Å². The minimum Gasteiger partial charge on any atom is -0.183 e. The summed E-state index contributed by atoms with van der Waals surface area (Å²) < 4.78 is 36.1. The number of hydrogen-bond acceptors (Lipinski definition) is 0. The third-order valence-corrected chi connectivity index (χ3v) is 1.37. The molecule has 1 rings (SSSR count). The number of halogens is 3. The van der Waals surface area contributed by atoms with Gasteiger partial charge < -0.3 is 0 Å². The van der Waals surface area contributed by atoms with Crippen LogP contribution in [0.5, 0.6) is 0 Å². The van der Waals surface area contributed by atoms with E-state index in [4.69, 9.17) is 0 Å². The number of rotatable bonds is 1. The molecule has 0 bridgehead atoms. The zero-order valence-corrected chi connectivity index (χ0v) is 9.82. The Morgan fingerprint density at radius 3 is 2.38 bits per heavy atom. The Labute approximate surface area is 87.2 Å². The van der Waals surface area contributed by atoms with Crippen molar-refractivity contribution in [1.29, 1.82) is 0 Å². The van der Waals surface area contributed by atoms with Crippen molar-refractivity contribution in [2.24, 2.45) is 0 Å². The van der Waals surface area contributed by atoms with Crippen LogP contribution in [0.3, 0.4) is 0 Å². The first-order valence-corrected chi connectivity index (χ1v) is 3.25. The van der Waals surface area contributed by atoms with Crippen LogP contribution in [0.2, 0.25) is 0 Å². The maximum Gasteiger partial charge on any atom is 0.370 e. The van der Waals surface area contributed by atoms with Crippen molar-refractivity contribution in [2.45, 2.75) is 6.18 Å². The van der Waals surface area contributed by atoms with E-state index in [0.29, 0.717) is 5.56 Å². The summed E-state index contributed by atoms with van der Waals surface area (Å²) in [6.07, 6.45) is -2.94. The number of alkyl halides is 3. The molecular weight excluding hydrogens is 230 g/mol. The zero-order chi connectivity index (χ0) is 9.19. The van der Waals surface area contributed by atoms with Gasteiger partial charge in [0.1, 0.15) is 0 Å². The molecule has 0 radical (unpaired) electrons. The second-order valence-corrected chi connectivity index (χ2v) is 2.26. The van der Waals surface area contributed by atoms with Crippen molar-refractivity contribution >= 4 is 6.08 Å². The van der Waals surface area contributed by atoms with E-state index in [0.717, 1.165) is 12.1 Å². The Kier molecular flexibility index (Phi) is 4.35. The minimum atomic E-state index is -4.30. The van der Waals surface area contributed by atoms with E-state index >= 15 is 0 Å². The third-order valence-electron chi connectivity index (χ3n) is 1.37. The summed E-state index contributed by atoms with van der Waals surface area (Å²) in [5, 5.41) is 0. The third kappa shape index (κ3) is 3.31. The van der Waals surface area contributed by atoms with Crippen molar-refractivity contribution in [3.05, 3.63) is 42.0 Å². The van der Waals surface area contributed by atoms with E-state index in [-0.39, 0.29) is 19.5 Å². The van der Waals surface area contributed by atoms with Crippen LogP contribution in [-0.4, -0.2) is 0 Å². The summed E-state index contributed by atoms with van der Waals surface area (Å²) in [4.78, 5) is 0. The van der Waals surface area contributed by atoms with Gasteiger partial charge in [-0.3, -0.25) is 0 Å². The largest absolute Gasteiger partial charge is 0.370 e. The van der Waals surface area contributed by atoms with Gasteiger partial charge in [0.2, 0.25) is 0 Å². The molecule has 4 heteroatoms. The summed E-state index contributed by atoms with van der Waals surface area (Å²) in [6.45, 7) is 3.37. The topological polar surface area (TPSA) is 0 Å². The molecule has 1 aromatic carbocycles. The van der Waals surface area contributed by atoms with Crippen LogP contribution in [0.1, 0.15) is 11.1 Å². The molecule has 0 aliphatic rings. The summed E-state index contributed by atoms with van der Waals surface area (Å²) >= 11 is 0. The predicted octanol–water partition coefficient (Wildman–Crippen LogP) is 3.15. The van der Waals surface area contributed by atoms with Gasteiger partial charge in [-0.25, -0.2) is 0 Å². The quantitative estimate of drug-likeness (QED) is 0.519. The van der Waals surface area contributed by atoms with E-state index in [2.05, 4.69) is 12.6 Å². The second-order valence-electron chi connectivity index (χ2n) is 2.26. The molecule has 0 fully saturated rings. The summed E-state index contributed by atoms with van der Waals surface area (Å²) in [5.41, 5.74) is -0.273. The van der Waals surface area contributed by atoms with Gasteiger partial charge in [-0.2, -0.15) is 37.4 Å². The molecule has 66 valence electrons. The fourth-order valence-corrected chi connectivity index (χ4v) is 0.772. The molecular formula is C9H6F3Zn-. The molecule has 0 atom stereocenters. The fraction of sp³-hybridized carbons (Fsp3) is 0.111. The van der Waals surface area contributed by atoms with Gasteiger partial charge in [-0.05, 0) is 0 Å². The maximum absolute atomic E-state index is 12.0. The molecule has 0 spiro atoms. The SMILES string of the molecule is C=Cc1c[c-]cc(C(F)(F)F)c1.[Zn]. The average Bonchev–Trinajstić information content (AvgIpc) is 2.03. The maximum atomic E-state index is 12.0. The first-order valence-electron chi connectivity index (χ1n) is 3.25. The fourth-order valence-electron chi connectivity index (χ4n) is 0.772. The normalized spacial score (nSPS) is 10.4. The van der Waals surface area contributed by atoms with E-state index < -0.39 is 11.7 Å². The smallest absolute Gasteiger partial charge is 0.183 e. The van der Waals surface area contributed by atoms with Gasteiger partial charge in [-0.15, -0.1) is 18.2 Å². The van der Waals surface area contributed by atoms with Crippen molar-refractivity contribution < 1.29 is 32.6 Å². The Morgan fingerprint density at radius 1 is 1.31 bits per heavy atom. The van der Waals surface area contributed by atoms with Gasteiger partial charge in [0.25, 0.3) is 0 Å². The Morgan fingerprint density at radius 2 is 1.92 bits per heavy atom. The summed E-state index contributed by atoms with van der Waals surface area (Å²) in [5.74, 6) is 0. The van der Waals surface area contributed by atoms with Crippen molar-refractivity contribution in [3.8, 4) is 0 Å². The van der Waals surface area contributed by atoms with Crippen LogP contribution in [0.15, 0.2) is 24.8 Å². The van der Waals surface area contributed by atoms with Crippen LogP contribution in [0.4, 0.5) is 13.2 Å². The Hall–Kier alpha value is -0.627. The number of benzene rings is 1. The van der Waals surface area contributed by atoms with E-state index in [9.17, 15) is 13.2 Å². The molecule has 0 unspecified atom stereocenters. The van der Waals surface area contributed by atoms with Gasteiger partial charge in [0, 0.05) is 19.5 Å². The molecule has 0 nitrogen and oxygen atoms in total. The molecule has 0 saturated heterocycles. The average molecular weight is 237 g/mol.